The molecule has 0 spiro atoms. The fourth-order valence-corrected chi connectivity index (χ4v) is 4.45. The standard InChI is InChI=1S/C19H27NO4S/c1-13-10-11-17(18(20-13)24-14(2)7-4-5-12-21)25-16-9-6-8-15(16)19(22)23-3/h10-12,14-16H,4-9H2,1-3H3/t14-,15+,16-/m1/s1. The minimum atomic E-state index is -0.125. The van der Waals surface area contributed by atoms with E-state index in [-0.39, 0.29) is 23.2 Å². The first-order valence-corrected chi connectivity index (χ1v) is 9.75. The number of carbonyl (C=O) groups excluding carboxylic acids is 2. The maximum Gasteiger partial charge on any atom is 0.309 e. The van der Waals surface area contributed by atoms with Gasteiger partial charge in [0.2, 0.25) is 5.88 Å². The fraction of sp³-hybridized carbons (Fsp3) is 0.632. The molecule has 0 bridgehead atoms. The average molecular weight is 365 g/mol. The Morgan fingerprint density at radius 2 is 2.24 bits per heavy atom. The smallest absolute Gasteiger partial charge is 0.309 e. The van der Waals surface area contributed by atoms with Gasteiger partial charge in [-0.05, 0) is 51.7 Å². The number of hydrogen-bond donors (Lipinski definition) is 0. The van der Waals surface area contributed by atoms with E-state index in [2.05, 4.69) is 4.98 Å². The van der Waals surface area contributed by atoms with Crippen LogP contribution in [0, 0.1) is 12.8 Å². The molecule has 3 atom stereocenters. The third-order valence-corrected chi connectivity index (χ3v) is 5.88. The van der Waals surface area contributed by atoms with Crippen LogP contribution in [0.15, 0.2) is 17.0 Å². The van der Waals surface area contributed by atoms with Gasteiger partial charge in [-0.1, -0.05) is 6.42 Å². The van der Waals surface area contributed by atoms with Crippen molar-refractivity contribution in [3.05, 3.63) is 17.8 Å². The molecule has 138 valence electrons. The van der Waals surface area contributed by atoms with Crippen LogP contribution in [0.1, 0.15) is 51.1 Å². The highest BCUT2D eigenvalue weighted by atomic mass is 32.2. The summed E-state index contributed by atoms with van der Waals surface area (Å²) in [7, 11) is 1.45. The molecule has 1 saturated carbocycles. The van der Waals surface area contributed by atoms with E-state index in [0.717, 1.165) is 49.0 Å². The Balaban J connectivity index is 2.07. The summed E-state index contributed by atoms with van der Waals surface area (Å²) in [5.74, 6) is 0.438. The molecule has 1 fully saturated rings. The topological polar surface area (TPSA) is 65.5 Å². The molecule has 0 saturated heterocycles. The number of aromatic nitrogens is 1. The second kappa shape index (κ2) is 9.80. The molecule has 0 amide bonds. The van der Waals surface area contributed by atoms with Crippen molar-refractivity contribution in [2.24, 2.45) is 5.92 Å². The summed E-state index contributed by atoms with van der Waals surface area (Å²) < 4.78 is 11.0. The van der Waals surface area contributed by atoms with Gasteiger partial charge < -0.3 is 14.3 Å². The predicted octanol–water partition coefficient (Wildman–Crippen LogP) is 3.96. The molecule has 0 aromatic carbocycles. The Bertz CT molecular complexity index is 593. The summed E-state index contributed by atoms with van der Waals surface area (Å²) in [6.07, 6.45) is 6.02. The Hall–Kier alpha value is -1.56. The monoisotopic (exact) mass is 365 g/mol. The number of rotatable bonds is 9. The SMILES string of the molecule is COC(=O)[C@H]1CCC[C@H]1Sc1ccc(C)nc1O[C@H](C)CCCC=O. The molecular formula is C19H27NO4S. The van der Waals surface area contributed by atoms with E-state index < -0.39 is 0 Å². The predicted molar refractivity (Wildman–Crippen MR) is 98.0 cm³/mol. The van der Waals surface area contributed by atoms with Crippen molar-refractivity contribution in [3.63, 3.8) is 0 Å². The van der Waals surface area contributed by atoms with Crippen molar-refractivity contribution in [1.82, 2.24) is 4.98 Å². The summed E-state index contributed by atoms with van der Waals surface area (Å²) in [6.45, 7) is 3.93. The highest BCUT2D eigenvalue weighted by Crippen LogP contribution is 2.42. The molecule has 25 heavy (non-hydrogen) atoms. The normalized spacial score (nSPS) is 20.9. The van der Waals surface area contributed by atoms with Crippen LogP contribution in [0.3, 0.4) is 0 Å². The maximum absolute atomic E-state index is 12.0. The van der Waals surface area contributed by atoms with E-state index in [0.29, 0.717) is 12.3 Å². The summed E-state index contributed by atoms with van der Waals surface area (Å²) >= 11 is 1.66. The summed E-state index contributed by atoms with van der Waals surface area (Å²) in [4.78, 5) is 27.9. The number of esters is 1. The molecule has 2 rings (SSSR count). The number of nitrogens with zero attached hydrogens (tertiary/aromatic N) is 1. The largest absolute Gasteiger partial charge is 0.474 e. The van der Waals surface area contributed by atoms with Gasteiger partial charge >= 0.3 is 5.97 Å². The zero-order valence-electron chi connectivity index (χ0n) is 15.2. The Labute approximate surface area is 153 Å². The first kappa shape index (κ1) is 19.8. The third-order valence-electron chi connectivity index (χ3n) is 4.44. The minimum Gasteiger partial charge on any atom is -0.474 e. The number of thioether (sulfide) groups is 1. The zero-order chi connectivity index (χ0) is 18.2. The van der Waals surface area contributed by atoms with Gasteiger partial charge in [-0.3, -0.25) is 4.79 Å². The van der Waals surface area contributed by atoms with Gasteiger partial charge in [0.25, 0.3) is 0 Å². The lowest BCUT2D eigenvalue weighted by molar-refractivity contribution is -0.144. The number of aryl methyl sites for hydroxylation is 1. The summed E-state index contributed by atoms with van der Waals surface area (Å²) in [5, 5.41) is 0.199. The molecule has 1 aliphatic rings. The van der Waals surface area contributed by atoms with Crippen LogP contribution in [-0.2, 0) is 14.3 Å². The van der Waals surface area contributed by atoms with Crippen LogP contribution in [0.2, 0.25) is 0 Å². The molecule has 5 nitrogen and oxygen atoms in total. The van der Waals surface area contributed by atoms with E-state index >= 15 is 0 Å². The molecule has 0 aliphatic heterocycles. The van der Waals surface area contributed by atoms with Gasteiger partial charge in [-0.2, -0.15) is 0 Å². The zero-order valence-corrected chi connectivity index (χ0v) is 16.0. The van der Waals surface area contributed by atoms with Crippen molar-refractivity contribution in [2.75, 3.05) is 7.11 Å². The molecule has 1 aliphatic carbocycles. The van der Waals surface area contributed by atoms with E-state index in [1.807, 2.05) is 26.0 Å². The summed E-state index contributed by atoms with van der Waals surface area (Å²) in [6, 6.07) is 3.99. The fourth-order valence-electron chi connectivity index (χ4n) is 3.08. The number of ether oxygens (including phenoxy) is 2. The van der Waals surface area contributed by atoms with E-state index in [1.54, 1.807) is 11.8 Å². The number of carbonyl (C=O) groups is 2. The average Bonchev–Trinajstić information content (AvgIpc) is 3.05. The highest BCUT2D eigenvalue weighted by Gasteiger charge is 2.35. The molecule has 0 N–H and O–H groups in total. The van der Waals surface area contributed by atoms with Gasteiger partial charge in [0.1, 0.15) is 6.29 Å². The van der Waals surface area contributed by atoms with Crippen molar-refractivity contribution >= 4 is 24.0 Å². The number of hydrogen-bond acceptors (Lipinski definition) is 6. The highest BCUT2D eigenvalue weighted by molar-refractivity contribution is 8.00. The number of aldehydes is 1. The first-order chi connectivity index (χ1) is 12.0. The Morgan fingerprint density at radius 1 is 1.44 bits per heavy atom. The molecule has 0 radical (unpaired) electrons. The quantitative estimate of drug-likeness (QED) is 0.375. The number of pyridine rings is 1. The molecule has 1 heterocycles. The Kier molecular flexibility index (Phi) is 7.75. The minimum absolute atomic E-state index is 0.00594. The third kappa shape index (κ3) is 5.73. The number of methoxy groups -OCH3 is 1. The second-order valence-corrected chi connectivity index (χ2v) is 7.78. The van der Waals surface area contributed by atoms with Crippen LogP contribution in [0.4, 0.5) is 0 Å². The van der Waals surface area contributed by atoms with Gasteiger partial charge in [0.15, 0.2) is 0 Å². The van der Waals surface area contributed by atoms with Crippen molar-refractivity contribution < 1.29 is 19.1 Å². The van der Waals surface area contributed by atoms with Gasteiger partial charge in [-0.25, -0.2) is 4.98 Å². The Morgan fingerprint density at radius 3 is 2.96 bits per heavy atom. The molecular weight excluding hydrogens is 338 g/mol. The van der Waals surface area contributed by atoms with Crippen LogP contribution in [-0.4, -0.2) is 35.7 Å². The van der Waals surface area contributed by atoms with Gasteiger partial charge in [0, 0.05) is 17.4 Å². The van der Waals surface area contributed by atoms with Crippen LogP contribution >= 0.6 is 11.8 Å². The maximum atomic E-state index is 12.0. The van der Waals surface area contributed by atoms with Gasteiger partial charge in [-0.15, -0.1) is 11.8 Å². The molecule has 6 heteroatoms. The van der Waals surface area contributed by atoms with E-state index in [4.69, 9.17) is 9.47 Å². The van der Waals surface area contributed by atoms with Crippen molar-refractivity contribution in [3.8, 4) is 5.88 Å². The number of unbranched alkanes of at least 4 members (excludes halogenated alkanes) is 1. The van der Waals surface area contributed by atoms with Crippen molar-refractivity contribution in [1.29, 1.82) is 0 Å². The summed E-state index contributed by atoms with van der Waals surface area (Å²) in [5.41, 5.74) is 0.899. The van der Waals surface area contributed by atoms with Crippen molar-refractivity contribution in [2.45, 2.75) is 68.6 Å². The lowest BCUT2D eigenvalue weighted by Crippen LogP contribution is -2.22. The molecule has 1 aromatic heterocycles. The van der Waals surface area contributed by atoms with E-state index in [1.165, 1.54) is 7.11 Å². The van der Waals surface area contributed by atoms with Crippen LogP contribution < -0.4 is 4.74 Å². The molecule has 0 unspecified atom stereocenters. The lowest BCUT2D eigenvalue weighted by atomic mass is 10.1. The first-order valence-electron chi connectivity index (χ1n) is 8.87. The van der Waals surface area contributed by atoms with Gasteiger partial charge in [0.05, 0.1) is 24.0 Å². The second-order valence-electron chi connectivity index (χ2n) is 6.50. The van der Waals surface area contributed by atoms with Crippen LogP contribution in [0.25, 0.3) is 0 Å². The van der Waals surface area contributed by atoms with E-state index in [9.17, 15) is 9.59 Å². The van der Waals surface area contributed by atoms with Crippen LogP contribution in [0.5, 0.6) is 5.88 Å². The molecule has 1 aromatic rings. The lowest BCUT2D eigenvalue weighted by Gasteiger charge is -2.20.